The Labute approximate surface area is 165 Å². The van der Waals surface area contributed by atoms with E-state index in [0.29, 0.717) is 11.5 Å². The Bertz CT molecular complexity index is 1010. The summed E-state index contributed by atoms with van der Waals surface area (Å²) in [4.78, 5) is 10.3. The van der Waals surface area contributed by atoms with Gasteiger partial charge in [0.2, 0.25) is 5.82 Å². The molecule has 0 fully saturated rings. The van der Waals surface area contributed by atoms with E-state index in [4.69, 9.17) is 21.3 Å². The molecule has 1 aromatic heterocycles. The van der Waals surface area contributed by atoms with Gasteiger partial charge in [-0.2, -0.15) is 0 Å². The van der Waals surface area contributed by atoms with E-state index < -0.39 is 5.82 Å². The number of rotatable bonds is 7. The lowest BCUT2D eigenvalue weighted by Gasteiger charge is -2.08. The van der Waals surface area contributed by atoms with Crippen LogP contribution in [0.1, 0.15) is 17.0 Å². The zero-order valence-electron chi connectivity index (χ0n) is 15.1. The maximum atomic E-state index is 14.2. The summed E-state index contributed by atoms with van der Waals surface area (Å²) in [6.07, 6.45) is 0. The van der Waals surface area contributed by atoms with Crippen molar-refractivity contribution in [3.63, 3.8) is 0 Å². The molecule has 0 aliphatic heterocycles. The largest absolute Gasteiger partial charge is 0.399 e. The lowest BCUT2D eigenvalue weighted by molar-refractivity contribution is 0.173. The van der Waals surface area contributed by atoms with Gasteiger partial charge in [0.25, 0.3) is 0 Å². The van der Waals surface area contributed by atoms with Crippen LogP contribution >= 0.6 is 11.6 Å². The van der Waals surface area contributed by atoms with Gasteiger partial charge in [-0.1, -0.05) is 52.2 Å². The van der Waals surface area contributed by atoms with Crippen LogP contribution in [0, 0.1) is 5.82 Å². The number of aryl methyl sites for hydroxylation is 1. The summed E-state index contributed by atoms with van der Waals surface area (Å²) in [7, 11) is 3.05. The van der Waals surface area contributed by atoms with Gasteiger partial charge in [-0.3, -0.25) is 0 Å². The van der Waals surface area contributed by atoms with E-state index in [0.717, 1.165) is 5.56 Å². The number of benzene rings is 2. The van der Waals surface area contributed by atoms with Crippen molar-refractivity contribution < 1.29 is 14.1 Å². The maximum Gasteiger partial charge on any atom is 0.204 e. The fraction of sp³-hybridized carbons (Fsp3) is 0.167. The van der Waals surface area contributed by atoms with Gasteiger partial charge in [0.15, 0.2) is 12.3 Å². The van der Waals surface area contributed by atoms with Crippen LogP contribution in [-0.2, 0) is 16.7 Å². The standard InChI is InChI=1S/C18H16ClFN6O2/c1-26-18(21-24-25-26)17(12-6-4-3-5-7-12)23-28-11-16(22-27-2)14-9-8-13(19)10-15(14)20/h3-10H,11H2,1-2H3/b22-16-,23-17?. The highest BCUT2D eigenvalue weighted by molar-refractivity contribution is 6.30. The van der Waals surface area contributed by atoms with Crippen molar-refractivity contribution in [3.05, 3.63) is 76.3 Å². The Kier molecular flexibility index (Phi) is 6.28. The van der Waals surface area contributed by atoms with Gasteiger partial charge in [0.1, 0.15) is 18.6 Å². The van der Waals surface area contributed by atoms with Crippen molar-refractivity contribution in [2.45, 2.75) is 0 Å². The number of hydrogen-bond acceptors (Lipinski definition) is 7. The van der Waals surface area contributed by atoms with Gasteiger partial charge in [-0.15, -0.1) is 5.10 Å². The third-order valence-corrected chi connectivity index (χ3v) is 3.91. The molecule has 0 amide bonds. The molecule has 28 heavy (non-hydrogen) atoms. The van der Waals surface area contributed by atoms with E-state index in [2.05, 4.69) is 25.8 Å². The first-order chi connectivity index (χ1) is 13.6. The number of hydrogen-bond donors (Lipinski definition) is 0. The number of nitrogens with zero attached hydrogens (tertiary/aromatic N) is 6. The molecule has 0 N–H and O–H groups in total. The van der Waals surface area contributed by atoms with E-state index in [9.17, 15) is 4.39 Å². The molecule has 2 aromatic carbocycles. The van der Waals surface area contributed by atoms with Crippen LogP contribution in [0.4, 0.5) is 4.39 Å². The maximum absolute atomic E-state index is 14.2. The predicted molar refractivity (Wildman–Crippen MR) is 102 cm³/mol. The summed E-state index contributed by atoms with van der Waals surface area (Å²) >= 11 is 5.80. The zero-order valence-corrected chi connectivity index (χ0v) is 15.8. The van der Waals surface area contributed by atoms with Gasteiger partial charge in [-0.25, -0.2) is 9.07 Å². The van der Waals surface area contributed by atoms with E-state index in [-0.39, 0.29) is 22.9 Å². The molecule has 0 aliphatic carbocycles. The highest BCUT2D eigenvalue weighted by Crippen LogP contribution is 2.16. The number of aromatic nitrogens is 4. The van der Waals surface area contributed by atoms with Crippen LogP contribution in [0.15, 0.2) is 58.8 Å². The van der Waals surface area contributed by atoms with E-state index >= 15 is 0 Å². The van der Waals surface area contributed by atoms with Crippen molar-refractivity contribution in [1.29, 1.82) is 0 Å². The molecule has 0 radical (unpaired) electrons. The molecule has 0 saturated carbocycles. The van der Waals surface area contributed by atoms with Gasteiger partial charge in [0, 0.05) is 23.2 Å². The van der Waals surface area contributed by atoms with Crippen molar-refractivity contribution in [2.24, 2.45) is 17.4 Å². The molecular formula is C18H16ClFN6O2. The molecule has 8 nitrogen and oxygen atoms in total. The molecule has 0 bridgehead atoms. The second-order valence-corrected chi connectivity index (χ2v) is 5.99. The lowest BCUT2D eigenvalue weighted by Crippen LogP contribution is -2.15. The molecular weight excluding hydrogens is 387 g/mol. The van der Waals surface area contributed by atoms with Crippen LogP contribution in [0.3, 0.4) is 0 Å². The summed E-state index contributed by atoms with van der Waals surface area (Å²) in [6.45, 7) is -0.145. The highest BCUT2D eigenvalue weighted by atomic mass is 35.5. The second kappa shape index (κ2) is 9.05. The molecule has 3 rings (SSSR count). The smallest absolute Gasteiger partial charge is 0.204 e. The predicted octanol–water partition coefficient (Wildman–Crippen LogP) is 2.82. The summed E-state index contributed by atoms with van der Waals surface area (Å²) in [5, 5.41) is 19.7. The van der Waals surface area contributed by atoms with Crippen LogP contribution in [0.2, 0.25) is 5.02 Å². The Morgan fingerprint density at radius 3 is 2.61 bits per heavy atom. The normalized spacial score (nSPS) is 12.1. The lowest BCUT2D eigenvalue weighted by atomic mass is 10.1. The second-order valence-electron chi connectivity index (χ2n) is 5.55. The van der Waals surface area contributed by atoms with Crippen molar-refractivity contribution >= 4 is 23.0 Å². The first-order valence-electron chi connectivity index (χ1n) is 8.13. The minimum absolute atomic E-state index is 0.145. The van der Waals surface area contributed by atoms with Crippen molar-refractivity contribution in [3.8, 4) is 0 Å². The van der Waals surface area contributed by atoms with Gasteiger partial charge < -0.3 is 9.68 Å². The van der Waals surface area contributed by atoms with E-state index in [1.807, 2.05) is 30.3 Å². The molecule has 10 heteroatoms. The minimum Gasteiger partial charge on any atom is -0.399 e. The average molecular weight is 403 g/mol. The first-order valence-corrected chi connectivity index (χ1v) is 8.51. The Morgan fingerprint density at radius 1 is 1.18 bits per heavy atom. The van der Waals surface area contributed by atoms with Crippen molar-refractivity contribution in [1.82, 2.24) is 20.2 Å². The van der Waals surface area contributed by atoms with Gasteiger partial charge in [-0.05, 0) is 28.6 Å². The summed E-state index contributed by atoms with van der Waals surface area (Å²) in [6, 6.07) is 13.5. The Balaban J connectivity index is 1.88. The average Bonchev–Trinajstić information content (AvgIpc) is 3.11. The first kappa shape index (κ1) is 19.4. The molecule has 3 aromatic rings. The Hall–Kier alpha value is -3.33. The number of oxime groups is 2. The van der Waals surface area contributed by atoms with Crippen LogP contribution in [-0.4, -0.2) is 45.3 Å². The Morgan fingerprint density at radius 2 is 1.96 bits per heavy atom. The molecule has 0 unspecified atom stereocenters. The van der Waals surface area contributed by atoms with Crippen LogP contribution < -0.4 is 0 Å². The summed E-state index contributed by atoms with van der Waals surface area (Å²) < 4.78 is 15.7. The third-order valence-electron chi connectivity index (χ3n) is 3.68. The third kappa shape index (κ3) is 4.49. The van der Waals surface area contributed by atoms with Crippen molar-refractivity contribution in [2.75, 3.05) is 13.7 Å². The topological polar surface area (TPSA) is 86.8 Å². The molecule has 0 spiro atoms. The highest BCUT2D eigenvalue weighted by Gasteiger charge is 2.16. The summed E-state index contributed by atoms with van der Waals surface area (Å²) in [5.74, 6) is -0.134. The van der Waals surface area contributed by atoms with Gasteiger partial charge >= 0.3 is 0 Å². The van der Waals surface area contributed by atoms with Crippen LogP contribution in [0.25, 0.3) is 0 Å². The molecule has 1 heterocycles. The number of halogens is 2. The molecule has 0 saturated heterocycles. The van der Waals surface area contributed by atoms with Gasteiger partial charge in [0.05, 0.1) is 0 Å². The van der Waals surface area contributed by atoms with Crippen LogP contribution in [0.5, 0.6) is 0 Å². The summed E-state index contributed by atoms with van der Waals surface area (Å²) in [5.41, 5.74) is 1.58. The molecule has 0 aliphatic rings. The quantitative estimate of drug-likeness (QED) is 0.448. The fourth-order valence-electron chi connectivity index (χ4n) is 2.39. The van der Waals surface area contributed by atoms with E-state index in [1.54, 1.807) is 13.1 Å². The SMILES string of the molecule is CO/N=C(/CON=C(c1ccccc1)c1nnnn1C)c1ccc(Cl)cc1F. The molecule has 0 atom stereocenters. The van der Waals surface area contributed by atoms with E-state index in [1.165, 1.54) is 23.9 Å². The zero-order chi connectivity index (χ0) is 19.9. The number of tetrazole rings is 1. The fourth-order valence-corrected chi connectivity index (χ4v) is 2.55. The minimum atomic E-state index is -0.545. The monoisotopic (exact) mass is 402 g/mol. The molecule has 144 valence electrons.